The second kappa shape index (κ2) is 4.92. The quantitative estimate of drug-likeness (QED) is 0.855. The van der Waals surface area contributed by atoms with Gasteiger partial charge in [0.1, 0.15) is 0 Å². The number of hydrogen-bond acceptors (Lipinski definition) is 1. The Balaban J connectivity index is 2.27. The zero-order chi connectivity index (χ0) is 13.2. The average molecular weight is 257 g/mol. The van der Waals surface area contributed by atoms with Gasteiger partial charge in [0.05, 0.1) is 5.56 Å². The van der Waals surface area contributed by atoms with Crippen molar-refractivity contribution >= 4 is 0 Å². The smallest absolute Gasteiger partial charge is 0.330 e. The summed E-state index contributed by atoms with van der Waals surface area (Å²) in [4.78, 5) is 0. The lowest BCUT2D eigenvalue weighted by Gasteiger charge is -2.37. The lowest BCUT2D eigenvalue weighted by Crippen LogP contribution is -2.37. The molecule has 0 amide bonds. The van der Waals surface area contributed by atoms with Crippen LogP contribution in [0.2, 0.25) is 0 Å². The molecule has 1 fully saturated rings. The molecular weight excluding hydrogens is 239 g/mol. The molecule has 2 N–H and O–H groups in total. The van der Waals surface area contributed by atoms with Gasteiger partial charge < -0.3 is 5.73 Å². The van der Waals surface area contributed by atoms with E-state index in [-0.39, 0.29) is 5.41 Å². The van der Waals surface area contributed by atoms with Crippen LogP contribution in [0.4, 0.5) is 13.2 Å². The molecule has 18 heavy (non-hydrogen) atoms. The third kappa shape index (κ3) is 2.53. The standard InChI is InChI=1S/C14H18F3N/c15-14(16,17)12-6-4-11(5-7-12)13(10-18)8-2-1-3-9-13/h4-7H,1-3,8-10,18H2. The van der Waals surface area contributed by atoms with Crippen molar-refractivity contribution in [3.8, 4) is 0 Å². The summed E-state index contributed by atoms with van der Waals surface area (Å²) in [6.45, 7) is 0.512. The van der Waals surface area contributed by atoms with Crippen LogP contribution in [0.15, 0.2) is 24.3 Å². The molecule has 2 rings (SSSR count). The fraction of sp³-hybridized carbons (Fsp3) is 0.571. The molecule has 0 aromatic heterocycles. The topological polar surface area (TPSA) is 26.0 Å². The molecule has 0 heterocycles. The van der Waals surface area contributed by atoms with Crippen LogP contribution in [-0.4, -0.2) is 6.54 Å². The highest BCUT2D eigenvalue weighted by Gasteiger charge is 2.34. The van der Waals surface area contributed by atoms with Crippen LogP contribution in [0.3, 0.4) is 0 Å². The molecule has 0 aliphatic heterocycles. The first-order chi connectivity index (χ1) is 8.48. The van der Waals surface area contributed by atoms with Crippen molar-refractivity contribution in [2.75, 3.05) is 6.54 Å². The van der Waals surface area contributed by atoms with Crippen LogP contribution >= 0.6 is 0 Å². The minimum absolute atomic E-state index is 0.109. The van der Waals surface area contributed by atoms with Gasteiger partial charge in [-0.15, -0.1) is 0 Å². The molecule has 1 nitrogen and oxygen atoms in total. The predicted molar refractivity (Wildman–Crippen MR) is 65.3 cm³/mol. The van der Waals surface area contributed by atoms with Gasteiger partial charge in [-0.25, -0.2) is 0 Å². The summed E-state index contributed by atoms with van der Waals surface area (Å²) < 4.78 is 37.5. The largest absolute Gasteiger partial charge is 0.416 e. The Morgan fingerprint density at radius 3 is 2.00 bits per heavy atom. The molecule has 1 aromatic rings. The van der Waals surface area contributed by atoms with Crippen LogP contribution in [0.25, 0.3) is 0 Å². The maximum atomic E-state index is 12.5. The lowest BCUT2D eigenvalue weighted by molar-refractivity contribution is -0.137. The Morgan fingerprint density at radius 2 is 1.56 bits per heavy atom. The summed E-state index contributed by atoms with van der Waals surface area (Å²) in [5, 5.41) is 0. The predicted octanol–water partition coefficient (Wildman–Crippen LogP) is 3.87. The van der Waals surface area contributed by atoms with E-state index >= 15 is 0 Å². The van der Waals surface area contributed by atoms with E-state index in [9.17, 15) is 13.2 Å². The van der Waals surface area contributed by atoms with Crippen molar-refractivity contribution in [1.29, 1.82) is 0 Å². The van der Waals surface area contributed by atoms with Crippen molar-refractivity contribution in [3.05, 3.63) is 35.4 Å². The Morgan fingerprint density at radius 1 is 1.00 bits per heavy atom. The minimum Gasteiger partial charge on any atom is -0.330 e. The van der Waals surface area contributed by atoms with Crippen molar-refractivity contribution in [3.63, 3.8) is 0 Å². The first-order valence-corrected chi connectivity index (χ1v) is 6.36. The number of benzene rings is 1. The highest BCUT2D eigenvalue weighted by Crippen LogP contribution is 2.39. The summed E-state index contributed by atoms with van der Waals surface area (Å²) in [6, 6.07) is 5.53. The van der Waals surface area contributed by atoms with Gasteiger partial charge in [0.25, 0.3) is 0 Å². The molecule has 0 saturated heterocycles. The molecular formula is C14H18F3N. The van der Waals surface area contributed by atoms with Gasteiger partial charge in [-0.2, -0.15) is 13.2 Å². The summed E-state index contributed by atoms with van der Waals surface area (Å²) in [7, 11) is 0. The number of halogens is 3. The fourth-order valence-electron chi connectivity index (χ4n) is 2.85. The Labute approximate surface area is 105 Å². The van der Waals surface area contributed by atoms with Gasteiger partial charge in [-0.1, -0.05) is 31.4 Å². The van der Waals surface area contributed by atoms with Gasteiger partial charge in [0, 0.05) is 12.0 Å². The van der Waals surface area contributed by atoms with Crippen LogP contribution in [0.5, 0.6) is 0 Å². The van der Waals surface area contributed by atoms with E-state index in [1.807, 2.05) is 0 Å². The summed E-state index contributed by atoms with van der Waals surface area (Å²) in [5.74, 6) is 0. The molecule has 1 aliphatic carbocycles. The van der Waals surface area contributed by atoms with Crippen LogP contribution < -0.4 is 5.73 Å². The number of alkyl halides is 3. The van der Waals surface area contributed by atoms with Crippen LogP contribution in [0.1, 0.15) is 43.2 Å². The molecule has 0 unspecified atom stereocenters. The molecule has 0 radical (unpaired) electrons. The fourth-order valence-corrected chi connectivity index (χ4v) is 2.85. The first-order valence-electron chi connectivity index (χ1n) is 6.36. The third-order valence-corrected chi connectivity index (χ3v) is 4.03. The van der Waals surface area contributed by atoms with Gasteiger partial charge in [0.15, 0.2) is 0 Å². The van der Waals surface area contributed by atoms with E-state index in [2.05, 4.69) is 0 Å². The van der Waals surface area contributed by atoms with Crippen LogP contribution in [0, 0.1) is 0 Å². The maximum Gasteiger partial charge on any atom is 0.416 e. The van der Waals surface area contributed by atoms with E-state index in [0.29, 0.717) is 6.54 Å². The first kappa shape index (κ1) is 13.4. The zero-order valence-corrected chi connectivity index (χ0v) is 10.3. The summed E-state index contributed by atoms with van der Waals surface area (Å²) in [6.07, 6.45) is 1.11. The second-order valence-electron chi connectivity index (χ2n) is 5.12. The SMILES string of the molecule is NCC1(c2ccc(C(F)(F)F)cc2)CCCCC1. The van der Waals surface area contributed by atoms with Crippen molar-refractivity contribution in [2.45, 2.75) is 43.7 Å². The maximum absolute atomic E-state index is 12.5. The van der Waals surface area contributed by atoms with E-state index in [1.54, 1.807) is 12.1 Å². The third-order valence-electron chi connectivity index (χ3n) is 4.03. The average Bonchev–Trinajstić information content (AvgIpc) is 2.39. The number of nitrogens with two attached hydrogens (primary N) is 1. The molecule has 100 valence electrons. The molecule has 1 saturated carbocycles. The highest BCUT2D eigenvalue weighted by molar-refractivity contribution is 5.31. The molecule has 0 atom stereocenters. The molecule has 4 heteroatoms. The Hall–Kier alpha value is -1.03. The van der Waals surface area contributed by atoms with E-state index < -0.39 is 11.7 Å². The van der Waals surface area contributed by atoms with E-state index in [4.69, 9.17) is 5.73 Å². The van der Waals surface area contributed by atoms with E-state index in [1.165, 1.54) is 18.6 Å². The van der Waals surface area contributed by atoms with Crippen molar-refractivity contribution < 1.29 is 13.2 Å². The summed E-state index contributed by atoms with van der Waals surface area (Å²) in [5.41, 5.74) is 6.13. The monoisotopic (exact) mass is 257 g/mol. The Kier molecular flexibility index (Phi) is 3.66. The van der Waals surface area contributed by atoms with Gasteiger partial charge in [0.2, 0.25) is 0 Å². The van der Waals surface area contributed by atoms with Gasteiger partial charge in [-0.3, -0.25) is 0 Å². The molecule has 1 aliphatic rings. The number of rotatable bonds is 2. The molecule has 0 spiro atoms. The summed E-state index contributed by atoms with van der Waals surface area (Å²) >= 11 is 0. The normalized spacial score (nSPS) is 19.8. The number of hydrogen-bond donors (Lipinski definition) is 1. The van der Waals surface area contributed by atoms with Crippen LogP contribution in [-0.2, 0) is 11.6 Å². The van der Waals surface area contributed by atoms with E-state index in [0.717, 1.165) is 31.2 Å². The minimum atomic E-state index is -4.26. The highest BCUT2D eigenvalue weighted by atomic mass is 19.4. The van der Waals surface area contributed by atoms with Gasteiger partial charge >= 0.3 is 6.18 Å². The zero-order valence-electron chi connectivity index (χ0n) is 10.3. The molecule has 1 aromatic carbocycles. The van der Waals surface area contributed by atoms with Crippen molar-refractivity contribution in [2.24, 2.45) is 5.73 Å². The van der Waals surface area contributed by atoms with Crippen molar-refractivity contribution in [1.82, 2.24) is 0 Å². The lowest BCUT2D eigenvalue weighted by atomic mass is 9.69. The molecule has 0 bridgehead atoms. The Bertz CT molecular complexity index is 388. The second-order valence-corrected chi connectivity index (χ2v) is 5.12. The van der Waals surface area contributed by atoms with Gasteiger partial charge in [-0.05, 0) is 30.5 Å².